The molecule has 10 heteroatoms. The maximum absolute atomic E-state index is 11.9. The van der Waals surface area contributed by atoms with E-state index >= 15 is 0 Å². The van der Waals surface area contributed by atoms with Crippen LogP contribution in [0, 0.1) is 5.92 Å². The van der Waals surface area contributed by atoms with Crippen LogP contribution in [-0.4, -0.2) is 45.0 Å². The van der Waals surface area contributed by atoms with Crippen LogP contribution in [0.25, 0.3) is 0 Å². The fourth-order valence-electron chi connectivity index (χ4n) is 1.89. The molecule has 0 bridgehead atoms. The number of hydrogen-bond acceptors (Lipinski definition) is 7. The number of hydrogen-bond donors (Lipinski definition) is 2. The molecule has 0 spiro atoms. The molecule has 3 amide bonds. The Morgan fingerprint density at radius 2 is 2.00 bits per heavy atom. The normalized spacial score (nSPS) is 10.6. The summed E-state index contributed by atoms with van der Waals surface area (Å²) in [6.45, 7) is 4.76. The average Bonchev–Trinajstić information content (AvgIpc) is 3.00. The number of urea groups is 1. The summed E-state index contributed by atoms with van der Waals surface area (Å²) in [5.74, 6) is 0.661. The number of imide groups is 1. The molecule has 9 nitrogen and oxygen atoms in total. The molecule has 0 atom stereocenters. The summed E-state index contributed by atoms with van der Waals surface area (Å²) in [5.41, 5.74) is 0.555. The lowest BCUT2D eigenvalue weighted by Crippen LogP contribution is -2.35. The zero-order valence-electron chi connectivity index (χ0n) is 14.2. The van der Waals surface area contributed by atoms with Gasteiger partial charge in [0.2, 0.25) is 11.1 Å². The second-order valence-electron chi connectivity index (χ2n) is 5.56. The highest BCUT2D eigenvalue weighted by Crippen LogP contribution is 2.16. The van der Waals surface area contributed by atoms with Crippen LogP contribution in [0.2, 0.25) is 0 Å². The fraction of sp³-hybridized carbons (Fsp3) is 0.400. The van der Waals surface area contributed by atoms with Crippen LogP contribution < -0.4 is 15.4 Å². The number of ether oxygens (including phenoxy) is 1. The van der Waals surface area contributed by atoms with Gasteiger partial charge in [0.05, 0.1) is 12.9 Å². The molecular formula is C15H20N6O3S. The summed E-state index contributed by atoms with van der Waals surface area (Å²) in [4.78, 5) is 23.7. The number of aromatic nitrogens is 4. The lowest BCUT2D eigenvalue weighted by atomic mass is 10.2. The van der Waals surface area contributed by atoms with E-state index in [4.69, 9.17) is 4.74 Å². The Bertz CT molecular complexity index is 716. The Balaban J connectivity index is 1.79. The molecule has 0 saturated carbocycles. The lowest BCUT2D eigenvalue weighted by molar-refractivity contribution is -0.117. The first-order chi connectivity index (χ1) is 12.0. The number of carbonyl (C=O) groups is 2. The molecule has 134 valence electrons. The van der Waals surface area contributed by atoms with E-state index in [0.29, 0.717) is 29.1 Å². The van der Waals surface area contributed by atoms with E-state index in [0.717, 1.165) is 0 Å². The quantitative estimate of drug-likeness (QED) is 0.720. The molecule has 0 saturated heterocycles. The molecule has 25 heavy (non-hydrogen) atoms. The van der Waals surface area contributed by atoms with Crippen LogP contribution in [0.5, 0.6) is 5.75 Å². The van der Waals surface area contributed by atoms with E-state index in [-0.39, 0.29) is 5.75 Å². The highest BCUT2D eigenvalue weighted by Gasteiger charge is 2.13. The number of tetrazole rings is 1. The molecule has 1 aromatic carbocycles. The van der Waals surface area contributed by atoms with Gasteiger partial charge < -0.3 is 10.1 Å². The molecule has 0 radical (unpaired) electrons. The highest BCUT2D eigenvalue weighted by molar-refractivity contribution is 7.99. The minimum absolute atomic E-state index is 0.0362. The topological polar surface area (TPSA) is 111 Å². The first-order valence-corrected chi connectivity index (χ1v) is 8.60. The van der Waals surface area contributed by atoms with E-state index in [1.54, 1.807) is 36.1 Å². The minimum Gasteiger partial charge on any atom is -0.497 e. The number of nitrogens with zero attached hydrogens (tertiary/aromatic N) is 4. The van der Waals surface area contributed by atoms with Crippen LogP contribution in [0.4, 0.5) is 10.5 Å². The van der Waals surface area contributed by atoms with Gasteiger partial charge in [-0.1, -0.05) is 25.6 Å². The van der Waals surface area contributed by atoms with E-state index < -0.39 is 11.9 Å². The van der Waals surface area contributed by atoms with Crippen LogP contribution in [0.3, 0.4) is 0 Å². The van der Waals surface area contributed by atoms with E-state index in [9.17, 15) is 9.59 Å². The maximum atomic E-state index is 11.9. The van der Waals surface area contributed by atoms with Crippen molar-refractivity contribution in [2.24, 2.45) is 5.92 Å². The third kappa shape index (κ3) is 6.07. The molecule has 1 heterocycles. The van der Waals surface area contributed by atoms with E-state index in [1.807, 2.05) is 13.8 Å². The maximum Gasteiger partial charge on any atom is 0.325 e. The molecule has 2 rings (SSSR count). The number of rotatable bonds is 7. The van der Waals surface area contributed by atoms with E-state index in [2.05, 4.69) is 26.2 Å². The number of amides is 3. The first-order valence-electron chi connectivity index (χ1n) is 7.61. The molecule has 1 aromatic heterocycles. The van der Waals surface area contributed by atoms with Gasteiger partial charge >= 0.3 is 6.03 Å². The van der Waals surface area contributed by atoms with Gasteiger partial charge in [-0.25, -0.2) is 9.48 Å². The number of benzene rings is 1. The van der Waals surface area contributed by atoms with Gasteiger partial charge in [0.25, 0.3) is 0 Å². The van der Waals surface area contributed by atoms with Gasteiger partial charge in [-0.3, -0.25) is 10.1 Å². The highest BCUT2D eigenvalue weighted by atomic mass is 32.2. The first kappa shape index (κ1) is 18.7. The minimum atomic E-state index is -0.600. The Kier molecular flexibility index (Phi) is 6.75. The molecule has 2 N–H and O–H groups in total. The summed E-state index contributed by atoms with van der Waals surface area (Å²) < 4.78 is 6.68. The zero-order valence-corrected chi connectivity index (χ0v) is 15.0. The standard InChI is InChI=1S/C15H20N6O3S/c1-10(2)8-21-15(18-19-20-21)25-9-13(22)17-14(23)16-11-4-6-12(24-3)7-5-11/h4-7,10H,8-9H2,1-3H3,(H2,16,17,22,23). The number of thioether (sulfide) groups is 1. The lowest BCUT2D eigenvalue weighted by Gasteiger charge is -2.08. The van der Waals surface area contributed by atoms with Crippen molar-refractivity contribution in [1.82, 2.24) is 25.5 Å². The molecular weight excluding hydrogens is 344 g/mol. The predicted octanol–water partition coefficient (Wildman–Crippen LogP) is 1.78. The van der Waals surface area contributed by atoms with Crippen molar-refractivity contribution >= 4 is 29.4 Å². The van der Waals surface area contributed by atoms with Gasteiger partial charge in [0.15, 0.2) is 0 Å². The van der Waals surface area contributed by atoms with Crippen LogP contribution in [-0.2, 0) is 11.3 Å². The van der Waals surface area contributed by atoms with Crippen molar-refractivity contribution in [3.63, 3.8) is 0 Å². The third-order valence-electron chi connectivity index (χ3n) is 2.97. The predicted molar refractivity (Wildman–Crippen MR) is 93.5 cm³/mol. The molecule has 0 aliphatic heterocycles. The van der Waals surface area contributed by atoms with Crippen LogP contribution in [0.15, 0.2) is 29.4 Å². The van der Waals surface area contributed by atoms with Gasteiger partial charge in [-0.2, -0.15) is 0 Å². The Morgan fingerprint density at radius 3 is 2.64 bits per heavy atom. The van der Waals surface area contributed by atoms with E-state index in [1.165, 1.54) is 11.8 Å². The van der Waals surface area contributed by atoms with Gasteiger partial charge in [0.1, 0.15) is 5.75 Å². The van der Waals surface area contributed by atoms with Crippen molar-refractivity contribution in [3.05, 3.63) is 24.3 Å². The van der Waals surface area contributed by atoms with Crippen molar-refractivity contribution in [2.45, 2.75) is 25.5 Å². The molecule has 0 aliphatic carbocycles. The molecule has 0 aliphatic rings. The Labute approximate surface area is 149 Å². The molecule has 0 unspecified atom stereocenters. The van der Waals surface area contributed by atoms with Gasteiger partial charge in [0, 0.05) is 12.2 Å². The number of carbonyl (C=O) groups excluding carboxylic acids is 2. The fourth-order valence-corrected chi connectivity index (χ4v) is 2.58. The second-order valence-corrected chi connectivity index (χ2v) is 6.50. The van der Waals surface area contributed by atoms with Crippen molar-refractivity contribution in [1.29, 1.82) is 0 Å². The summed E-state index contributed by atoms with van der Waals surface area (Å²) in [6, 6.07) is 6.18. The smallest absolute Gasteiger partial charge is 0.325 e. The number of anilines is 1. The molecule has 2 aromatic rings. The van der Waals surface area contributed by atoms with Crippen LogP contribution in [0.1, 0.15) is 13.8 Å². The zero-order chi connectivity index (χ0) is 18.2. The van der Waals surface area contributed by atoms with Gasteiger partial charge in [-0.05, 0) is 40.6 Å². The second kappa shape index (κ2) is 9.02. The van der Waals surface area contributed by atoms with Crippen molar-refractivity contribution in [3.8, 4) is 5.75 Å². The summed E-state index contributed by atoms with van der Waals surface area (Å²) >= 11 is 1.18. The Hall–Kier alpha value is -2.62. The van der Waals surface area contributed by atoms with Crippen LogP contribution >= 0.6 is 11.8 Å². The Morgan fingerprint density at radius 1 is 1.28 bits per heavy atom. The van der Waals surface area contributed by atoms with Gasteiger partial charge in [-0.15, -0.1) is 5.10 Å². The monoisotopic (exact) mass is 364 g/mol. The number of methoxy groups -OCH3 is 1. The largest absolute Gasteiger partial charge is 0.497 e. The summed E-state index contributed by atoms with van der Waals surface area (Å²) in [5, 5.41) is 16.7. The number of nitrogens with one attached hydrogen (secondary N) is 2. The average molecular weight is 364 g/mol. The summed E-state index contributed by atoms with van der Waals surface area (Å²) in [6.07, 6.45) is 0. The summed E-state index contributed by atoms with van der Waals surface area (Å²) in [7, 11) is 1.56. The third-order valence-corrected chi connectivity index (χ3v) is 3.93. The van der Waals surface area contributed by atoms with Crippen molar-refractivity contribution < 1.29 is 14.3 Å². The SMILES string of the molecule is COc1ccc(NC(=O)NC(=O)CSc2nnnn2CC(C)C)cc1. The molecule has 0 fully saturated rings. The van der Waals surface area contributed by atoms with Crippen molar-refractivity contribution in [2.75, 3.05) is 18.2 Å².